The lowest BCUT2D eigenvalue weighted by Crippen LogP contribution is -2.32. The second-order valence-electron chi connectivity index (χ2n) is 14.3. The molecule has 292 valence electrons. The minimum Gasteiger partial charge on any atom is -0.459 e. The molecule has 57 heavy (non-hydrogen) atoms. The molecule has 0 saturated carbocycles. The third-order valence-electron chi connectivity index (χ3n) is 9.77. The zero-order chi connectivity index (χ0) is 40.0. The molecule has 0 aromatic heterocycles. The lowest BCUT2D eigenvalue weighted by molar-refractivity contribution is -0.121. The number of hydrogen-bond donors (Lipinski definition) is 2. The zero-order valence-electron chi connectivity index (χ0n) is 32.3. The molecule has 2 amide bonds. The molecule has 0 radical (unpaired) electrons. The van der Waals surface area contributed by atoms with Gasteiger partial charge >= 0.3 is 11.9 Å². The lowest BCUT2D eigenvalue weighted by Gasteiger charge is -2.19. The smallest absolute Gasteiger partial charge is 0.338 e. The molecule has 1 heterocycles. The molecule has 5 aromatic carbocycles. The van der Waals surface area contributed by atoms with Crippen molar-refractivity contribution in [2.24, 2.45) is 0 Å². The summed E-state index contributed by atoms with van der Waals surface area (Å²) in [6.07, 6.45) is 4.38. The van der Waals surface area contributed by atoms with Gasteiger partial charge in [-0.15, -0.1) is 0 Å². The Bertz CT molecular complexity index is 2130. The summed E-state index contributed by atoms with van der Waals surface area (Å²) >= 11 is 0. The fraction of sp³-hybridized carbons (Fsp3) is 0.250. The Kier molecular flexibility index (Phi) is 14.2. The number of rotatable bonds is 16. The molecular weight excluding hydrogens is 717 g/mol. The molecule has 0 unspecified atom stereocenters. The van der Waals surface area contributed by atoms with Gasteiger partial charge < -0.3 is 24.8 Å². The van der Waals surface area contributed by atoms with E-state index in [0.717, 1.165) is 33.4 Å². The Hall–Kier alpha value is -6.32. The van der Waals surface area contributed by atoms with E-state index < -0.39 is 24.1 Å². The van der Waals surface area contributed by atoms with Crippen LogP contribution in [0.2, 0.25) is 0 Å². The number of nitrogens with one attached hydrogen (secondary N) is 2. The average molecular weight is 765 g/mol. The van der Waals surface area contributed by atoms with E-state index in [2.05, 4.69) is 10.6 Å². The molecular formula is C48H48N2O7. The lowest BCUT2D eigenvalue weighted by atomic mass is 10.0. The molecule has 3 atom stereocenters. The molecule has 1 aliphatic rings. The van der Waals surface area contributed by atoms with E-state index in [1.165, 1.54) is 0 Å². The fourth-order valence-corrected chi connectivity index (χ4v) is 6.43. The van der Waals surface area contributed by atoms with Crippen LogP contribution in [-0.2, 0) is 30.2 Å². The number of anilines is 1. The van der Waals surface area contributed by atoms with Gasteiger partial charge in [-0.2, -0.15) is 0 Å². The Morgan fingerprint density at radius 3 is 1.93 bits per heavy atom. The average Bonchev–Trinajstić information content (AvgIpc) is 3.63. The largest absolute Gasteiger partial charge is 0.459 e. The molecule has 2 N–H and O–H groups in total. The summed E-state index contributed by atoms with van der Waals surface area (Å²) in [5.74, 6) is -1.17. The van der Waals surface area contributed by atoms with Crippen LogP contribution in [0.1, 0.15) is 85.9 Å². The maximum Gasteiger partial charge on any atom is 0.338 e. The van der Waals surface area contributed by atoms with Gasteiger partial charge in [-0.3, -0.25) is 9.59 Å². The van der Waals surface area contributed by atoms with Gasteiger partial charge in [-0.1, -0.05) is 114 Å². The number of hydrogen-bond acceptors (Lipinski definition) is 7. The standard InChI is InChI=1S/C48H48N2O7/c1-33-11-21-39(22-12-33)47(53)55-32-44-43(57-48(54)40-23-13-34(2)14-24-40)31-42(56-44)38-25-17-37(18-26-38)29-30-49-45(51)9-6-10-46(52)50-41-27-19-36(20-28-41)16-15-35-7-4-3-5-8-35/h3-5,7-8,11-28,42-44H,6,9-10,29-32H2,1-2H3,(H,49,51)(H,50,52)/b16-15+/t42-,43+,44-/m1/s1. The van der Waals surface area contributed by atoms with Crippen molar-refractivity contribution in [3.8, 4) is 0 Å². The second-order valence-corrected chi connectivity index (χ2v) is 14.3. The summed E-state index contributed by atoms with van der Waals surface area (Å²) in [4.78, 5) is 50.8. The molecule has 9 nitrogen and oxygen atoms in total. The highest BCUT2D eigenvalue weighted by Gasteiger charge is 2.39. The summed E-state index contributed by atoms with van der Waals surface area (Å²) in [7, 11) is 0. The van der Waals surface area contributed by atoms with Crippen LogP contribution >= 0.6 is 0 Å². The van der Waals surface area contributed by atoms with Crippen molar-refractivity contribution in [1.29, 1.82) is 0 Å². The quantitative estimate of drug-likeness (QED) is 0.0761. The first-order valence-electron chi connectivity index (χ1n) is 19.3. The van der Waals surface area contributed by atoms with E-state index in [9.17, 15) is 19.2 Å². The van der Waals surface area contributed by atoms with Crippen molar-refractivity contribution < 1.29 is 33.4 Å². The van der Waals surface area contributed by atoms with E-state index in [4.69, 9.17) is 14.2 Å². The molecule has 0 bridgehead atoms. The summed E-state index contributed by atoms with van der Waals surface area (Å²) in [6.45, 7) is 4.28. The predicted molar refractivity (Wildman–Crippen MR) is 222 cm³/mol. The monoisotopic (exact) mass is 764 g/mol. The van der Waals surface area contributed by atoms with Crippen LogP contribution in [0.4, 0.5) is 5.69 Å². The van der Waals surface area contributed by atoms with Crippen LogP contribution < -0.4 is 10.6 Å². The summed E-state index contributed by atoms with van der Waals surface area (Å²) < 4.78 is 17.9. The van der Waals surface area contributed by atoms with Crippen molar-refractivity contribution in [3.63, 3.8) is 0 Å². The van der Waals surface area contributed by atoms with Crippen LogP contribution in [0.25, 0.3) is 12.2 Å². The van der Waals surface area contributed by atoms with Gasteiger partial charge in [0, 0.05) is 31.5 Å². The van der Waals surface area contributed by atoms with Crippen LogP contribution in [-0.4, -0.2) is 49.1 Å². The van der Waals surface area contributed by atoms with Gasteiger partial charge in [0.1, 0.15) is 18.8 Å². The van der Waals surface area contributed by atoms with Gasteiger partial charge in [-0.05, 0) is 85.3 Å². The number of aryl methyl sites for hydroxylation is 2. The highest BCUT2D eigenvalue weighted by Crippen LogP contribution is 2.36. The topological polar surface area (TPSA) is 120 Å². The third-order valence-corrected chi connectivity index (χ3v) is 9.77. The molecule has 0 aliphatic carbocycles. The Labute approximate surface area is 334 Å². The van der Waals surface area contributed by atoms with E-state index in [-0.39, 0.29) is 37.4 Å². The number of ether oxygens (including phenoxy) is 3. The molecule has 6 rings (SSSR count). The first-order valence-corrected chi connectivity index (χ1v) is 19.3. The Balaban J connectivity index is 0.929. The fourth-order valence-electron chi connectivity index (χ4n) is 6.43. The molecule has 5 aromatic rings. The summed E-state index contributed by atoms with van der Waals surface area (Å²) in [6, 6.07) is 39.9. The molecule has 1 saturated heterocycles. The highest BCUT2D eigenvalue weighted by atomic mass is 16.6. The maximum absolute atomic E-state index is 13.1. The number of amides is 2. The van der Waals surface area contributed by atoms with Gasteiger partial charge in [0.15, 0.2) is 0 Å². The predicted octanol–water partition coefficient (Wildman–Crippen LogP) is 8.85. The highest BCUT2D eigenvalue weighted by molar-refractivity contribution is 5.91. The van der Waals surface area contributed by atoms with Crippen LogP contribution in [0, 0.1) is 13.8 Å². The maximum atomic E-state index is 13.1. The van der Waals surface area contributed by atoms with Crippen molar-refractivity contribution in [3.05, 3.63) is 172 Å². The van der Waals surface area contributed by atoms with Crippen molar-refractivity contribution in [2.75, 3.05) is 18.5 Å². The normalized spacial score (nSPS) is 16.2. The Morgan fingerprint density at radius 1 is 0.684 bits per heavy atom. The first-order chi connectivity index (χ1) is 27.7. The van der Waals surface area contributed by atoms with Gasteiger partial charge in [0.2, 0.25) is 11.8 Å². The van der Waals surface area contributed by atoms with E-state index in [1.54, 1.807) is 24.3 Å². The molecule has 9 heteroatoms. The van der Waals surface area contributed by atoms with E-state index >= 15 is 0 Å². The number of carbonyl (C=O) groups is 4. The van der Waals surface area contributed by atoms with Crippen molar-refractivity contribution >= 4 is 41.6 Å². The van der Waals surface area contributed by atoms with E-state index in [0.29, 0.717) is 42.6 Å². The number of esters is 2. The Morgan fingerprint density at radius 2 is 1.28 bits per heavy atom. The van der Waals surface area contributed by atoms with Crippen LogP contribution in [0.15, 0.2) is 127 Å². The molecule has 1 fully saturated rings. The molecule has 0 spiro atoms. The van der Waals surface area contributed by atoms with Crippen LogP contribution in [0.5, 0.6) is 0 Å². The number of carbonyl (C=O) groups excluding carboxylic acids is 4. The van der Waals surface area contributed by atoms with Crippen LogP contribution in [0.3, 0.4) is 0 Å². The minimum absolute atomic E-state index is 0.0702. The second kappa shape index (κ2) is 20.0. The van der Waals surface area contributed by atoms with Crippen molar-refractivity contribution in [2.45, 2.75) is 64.3 Å². The summed E-state index contributed by atoms with van der Waals surface area (Å²) in [5, 5.41) is 5.85. The first kappa shape index (κ1) is 40.3. The minimum atomic E-state index is -0.653. The van der Waals surface area contributed by atoms with Gasteiger partial charge in [-0.25, -0.2) is 9.59 Å². The zero-order valence-corrected chi connectivity index (χ0v) is 32.3. The SMILES string of the molecule is Cc1ccc(C(=O)OC[C@H]2O[C@@H](c3ccc(CCNC(=O)CCCC(=O)Nc4ccc(/C=C/c5ccccc5)cc4)cc3)C[C@@H]2OC(=O)c2ccc(C)cc2)cc1. The van der Waals surface area contributed by atoms with E-state index in [1.807, 2.05) is 129 Å². The summed E-state index contributed by atoms with van der Waals surface area (Å²) in [5.41, 5.74) is 7.74. The van der Waals surface area contributed by atoms with Gasteiger partial charge in [0.05, 0.1) is 17.2 Å². The van der Waals surface area contributed by atoms with Crippen molar-refractivity contribution in [1.82, 2.24) is 5.32 Å². The third kappa shape index (κ3) is 12.3. The molecule has 1 aliphatic heterocycles. The number of benzene rings is 5. The van der Waals surface area contributed by atoms with Gasteiger partial charge in [0.25, 0.3) is 0 Å².